The first-order valence-electron chi connectivity index (χ1n) is 4.50. The van der Waals surface area contributed by atoms with Crippen LogP contribution in [0.2, 0.25) is 0 Å². The molecule has 0 radical (unpaired) electrons. The van der Waals surface area contributed by atoms with Crippen LogP contribution in [-0.4, -0.2) is 24.5 Å². The predicted molar refractivity (Wildman–Crippen MR) is 51.8 cm³/mol. The molecule has 1 unspecified atom stereocenters. The summed E-state index contributed by atoms with van der Waals surface area (Å²) in [4.78, 5) is 2.35. The van der Waals surface area contributed by atoms with E-state index in [1.165, 1.54) is 5.57 Å². The van der Waals surface area contributed by atoms with E-state index in [9.17, 15) is 0 Å². The van der Waals surface area contributed by atoms with E-state index in [0.29, 0.717) is 6.04 Å². The Morgan fingerprint density at radius 3 is 2.36 bits per heavy atom. The molecule has 0 aliphatic carbocycles. The first-order chi connectivity index (χ1) is 5.13. The molecule has 0 spiro atoms. The van der Waals surface area contributed by atoms with Gasteiger partial charge in [0, 0.05) is 6.04 Å². The first kappa shape index (κ1) is 10.7. The molecule has 0 aliphatic heterocycles. The van der Waals surface area contributed by atoms with Crippen molar-refractivity contribution in [1.82, 2.24) is 4.90 Å². The monoisotopic (exact) mass is 155 g/mol. The van der Waals surface area contributed by atoms with Gasteiger partial charge in [-0.1, -0.05) is 25.5 Å². The smallest absolute Gasteiger partial charge is 0.0273 e. The van der Waals surface area contributed by atoms with E-state index in [2.05, 4.69) is 45.7 Å². The summed E-state index contributed by atoms with van der Waals surface area (Å²) in [6.07, 6.45) is 3.45. The van der Waals surface area contributed by atoms with Crippen LogP contribution in [0.3, 0.4) is 0 Å². The van der Waals surface area contributed by atoms with Crippen LogP contribution in [-0.2, 0) is 0 Å². The van der Waals surface area contributed by atoms with Crippen molar-refractivity contribution < 1.29 is 0 Å². The van der Waals surface area contributed by atoms with Crippen molar-refractivity contribution >= 4 is 0 Å². The van der Waals surface area contributed by atoms with Gasteiger partial charge in [-0.3, -0.25) is 0 Å². The highest BCUT2D eigenvalue weighted by Gasteiger charge is 2.07. The molecule has 66 valence electrons. The lowest BCUT2D eigenvalue weighted by Crippen LogP contribution is -2.29. The van der Waals surface area contributed by atoms with Gasteiger partial charge in [0.15, 0.2) is 0 Å². The van der Waals surface area contributed by atoms with Crippen LogP contribution >= 0.6 is 0 Å². The molecule has 0 aromatic heterocycles. The minimum Gasteiger partial charge on any atom is -0.300 e. The van der Waals surface area contributed by atoms with Crippen LogP contribution in [0.4, 0.5) is 0 Å². The topological polar surface area (TPSA) is 3.24 Å². The van der Waals surface area contributed by atoms with E-state index < -0.39 is 0 Å². The van der Waals surface area contributed by atoms with Gasteiger partial charge >= 0.3 is 0 Å². The SMILES string of the molecule is CC/C=C(\C)C(C)N(C)CC. The molecule has 0 aromatic carbocycles. The molecule has 1 heteroatoms. The third-order valence-corrected chi connectivity index (χ3v) is 2.35. The summed E-state index contributed by atoms with van der Waals surface area (Å²) >= 11 is 0. The maximum atomic E-state index is 2.35. The Balaban J connectivity index is 4.00. The van der Waals surface area contributed by atoms with Gasteiger partial charge in [0.05, 0.1) is 0 Å². The van der Waals surface area contributed by atoms with Crippen LogP contribution in [0, 0.1) is 0 Å². The number of likely N-dealkylation sites (N-methyl/N-ethyl adjacent to an activating group) is 1. The van der Waals surface area contributed by atoms with Crippen molar-refractivity contribution in [1.29, 1.82) is 0 Å². The van der Waals surface area contributed by atoms with Gasteiger partial charge < -0.3 is 4.90 Å². The van der Waals surface area contributed by atoms with Crippen LogP contribution in [0.5, 0.6) is 0 Å². The second-order valence-electron chi connectivity index (χ2n) is 3.11. The molecule has 0 rings (SSSR count). The average Bonchev–Trinajstić information content (AvgIpc) is 2.02. The third-order valence-electron chi connectivity index (χ3n) is 2.35. The zero-order valence-electron chi connectivity index (χ0n) is 8.52. The second-order valence-corrected chi connectivity index (χ2v) is 3.11. The van der Waals surface area contributed by atoms with E-state index in [1.54, 1.807) is 0 Å². The molecular weight excluding hydrogens is 134 g/mol. The Kier molecular flexibility index (Phi) is 5.22. The van der Waals surface area contributed by atoms with Gasteiger partial charge in [-0.2, -0.15) is 0 Å². The summed E-state index contributed by atoms with van der Waals surface area (Å²) in [5.74, 6) is 0. The number of hydrogen-bond donors (Lipinski definition) is 0. The van der Waals surface area contributed by atoms with Crippen molar-refractivity contribution in [2.24, 2.45) is 0 Å². The molecule has 0 saturated heterocycles. The number of hydrogen-bond acceptors (Lipinski definition) is 1. The van der Waals surface area contributed by atoms with Gasteiger partial charge in [0.1, 0.15) is 0 Å². The Morgan fingerprint density at radius 1 is 1.45 bits per heavy atom. The van der Waals surface area contributed by atoms with Crippen LogP contribution in [0.1, 0.15) is 34.1 Å². The lowest BCUT2D eigenvalue weighted by Gasteiger charge is -2.23. The zero-order valence-corrected chi connectivity index (χ0v) is 8.52. The standard InChI is InChI=1S/C10H21N/c1-6-8-9(3)10(4)11(5)7-2/h8,10H,6-7H2,1-5H3/b9-8+. The normalized spacial score (nSPS) is 15.6. The molecule has 0 N–H and O–H groups in total. The van der Waals surface area contributed by atoms with E-state index in [-0.39, 0.29) is 0 Å². The van der Waals surface area contributed by atoms with Crippen molar-refractivity contribution in [3.05, 3.63) is 11.6 Å². The highest BCUT2D eigenvalue weighted by molar-refractivity contribution is 5.05. The molecule has 0 amide bonds. The highest BCUT2D eigenvalue weighted by atomic mass is 15.1. The Bertz CT molecular complexity index is 127. The van der Waals surface area contributed by atoms with E-state index in [0.717, 1.165) is 13.0 Å². The van der Waals surface area contributed by atoms with Crippen molar-refractivity contribution in [2.75, 3.05) is 13.6 Å². The summed E-state index contributed by atoms with van der Waals surface area (Å²) in [7, 11) is 2.16. The predicted octanol–water partition coefficient (Wildman–Crippen LogP) is 2.68. The largest absolute Gasteiger partial charge is 0.300 e. The maximum absolute atomic E-state index is 2.35. The van der Waals surface area contributed by atoms with Crippen molar-refractivity contribution in [3.63, 3.8) is 0 Å². The fraction of sp³-hybridized carbons (Fsp3) is 0.800. The molecule has 0 aromatic rings. The lowest BCUT2D eigenvalue weighted by atomic mass is 10.1. The first-order valence-corrected chi connectivity index (χ1v) is 4.50. The molecule has 1 atom stereocenters. The van der Waals surface area contributed by atoms with Crippen molar-refractivity contribution in [3.8, 4) is 0 Å². The third kappa shape index (κ3) is 3.57. The fourth-order valence-electron chi connectivity index (χ4n) is 1.11. The minimum atomic E-state index is 0.597. The summed E-state index contributed by atoms with van der Waals surface area (Å²) in [5.41, 5.74) is 1.48. The lowest BCUT2D eigenvalue weighted by molar-refractivity contribution is 0.302. The van der Waals surface area contributed by atoms with Crippen LogP contribution in [0.15, 0.2) is 11.6 Å². The molecule has 0 heterocycles. The van der Waals surface area contributed by atoms with Crippen LogP contribution in [0.25, 0.3) is 0 Å². The summed E-state index contributed by atoms with van der Waals surface area (Å²) < 4.78 is 0. The summed E-state index contributed by atoms with van der Waals surface area (Å²) in [5, 5.41) is 0. The van der Waals surface area contributed by atoms with Gasteiger partial charge in [-0.05, 0) is 33.9 Å². The quantitative estimate of drug-likeness (QED) is 0.564. The number of rotatable bonds is 4. The highest BCUT2D eigenvalue weighted by Crippen LogP contribution is 2.07. The maximum Gasteiger partial charge on any atom is 0.0273 e. The molecule has 0 bridgehead atoms. The minimum absolute atomic E-state index is 0.597. The number of allylic oxidation sites excluding steroid dienone is 1. The molecule has 11 heavy (non-hydrogen) atoms. The summed E-state index contributed by atoms with van der Waals surface area (Å²) in [6.45, 7) is 9.96. The molecular formula is C10H21N. The fourth-order valence-corrected chi connectivity index (χ4v) is 1.11. The average molecular weight is 155 g/mol. The Hall–Kier alpha value is -0.300. The Morgan fingerprint density at radius 2 is 2.00 bits per heavy atom. The molecule has 0 fully saturated rings. The van der Waals surface area contributed by atoms with Crippen molar-refractivity contribution in [2.45, 2.75) is 40.2 Å². The summed E-state index contributed by atoms with van der Waals surface area (Å²) in [6, 6.07) is 0.597. The van der Waals surface area contributed by atoms with E-state index in [4.69, 9.17) is 0 Å². The zero-order chi connectivity index (χ0) is 8.85. The van der Waals surface area contributed by atoms with Crippen LogP contribution < -0.4 is 0 Å². The van der Waals surface area contributed by atoms with Gasteiger partial charge in [-0.25, -0.2) is 0 Å². The molecule has 0 saturated carbocycles. The number of nitrogens with zero attached hydrogens (tertiary/aromatic N) is 1. The molecule has 0 aliphatic rings. The van der Waals surface area contributed by atoms with Gasteiger partial charge in [0.25, 0.3) is 0 Å². The second kappa shape index (κ2) is 5.36. The van der Waals surface area contributed by atoms with Gasteiger partial charge in [-0.15, -0.1) is 0 Å². The van der Waals surface area contributed by atoms with Gasteiger partial charge in [0.2, 0.25) is 0 Å². The van der Waals surface area contributed by atoms with E-state index >= 15 is 0 Å². The Labute approximate surface area is 71.1 Å². The van der Waals surface area contributed by atoms with E-state index in [1.807, 2.05) is 0 Å². The molecule has 1 nitrogen and oxygen atoms in total.